The Hall–Kier alpha value is -0.140. The molecule has 2 heterocycles. The van der Waals surface area contributed by atoms with Crippen LogP contribution < -0.4 is 0 Å². The van der Waals surface area contributed by atoms with Crippen molar-refractivity contribution in [2.75, 3.05) is 0 Å². The van der Waals surface area contributed by atoms with Gasteiger partial charge in [0, 0.05) is 24.2 Å². The van der Waals surface area contributed by atoms with Crippen LogP contribution in [-0.2, 0) is 9.36 Å². The van der Waals surface area contributed by atoms with Gasteiger partial charge >= 0.3 is 0 Å². The normalized spacial score (nSPS) is 45.8. The minimum atomic E-state index is -3.00. The molecule has 0 aromatic rings. The molecule has 0 aromatic heterocycles. The molecule has 2 rings (SSSR count). The van der Waals surface area contributed by atoms with Gasteiger partial charge in [0.2, 0.25) is 7.37 Å². The first-order valence-electron chi connectivity index (χ1n) is 4.94. The maximum absolute atomic E-state index is 11.9. The first kappa shape index (κ1) is 9.42. The van der Waals surface area contributed by atoms with E-state index in [4.69, 9.17) is 0 Å². The number of hydrogen-bond donors (Lipinski definition) is 1. The van der Waals surface area contributed by atoms with Crippen LogP contribution in [0.2, 0.25) is 0 Å². The zero-order valence-electron chi connectivity index (χ0n) is 7.61. The molecule has 0 saturated carbocycles. The highest BCUT2D eigenvalue weighted by molar-refractivity contribution is 7.59. The number of rotatable bonds is 0. The maximum Gasteiger partial charge on any atom is 0.207 e. The van der Waals surface area contributed by atoms with Gasteiger partial charge in [0.1, 0.15) is 5.78 Å². The number of carbonyl (C=O) groups excluding carboxylic acids is 1. The number of ketones is 1. The van der Waals surface area contributed by atoms with Gasteiger partial charge in [0.25, 0.3) is 0 Å². The second kappa shape index (κ2) is 3.21. The highest BCUT2D eigenvalue weighted by Crippen LogP contribution is 2.61. The predicted octanol–water partition coefficient (Wildman–Crippen LogP) is 1.93. The molecule has 1 N–H and O–H groups in total. The predicted molar refractivity (Wildman–Crippen MR) is 50.1 cm³/mol. The summed E-state index contributed by atoms with van der Waals surface area (Å²) in [5, 5.41) is 0. The SMILES string of the molecule is O=C1CCC2CCCC(C1)P2(=O)O. The van der Waals surface area contributed by atoms with Crippen LogP contribution in [0.4, 0.5) is 0 Å². The van der Waals surface area contributed by atoms with E-state index in [0.29, 0.717) is 19.3 Å². The smallest absolute Gasteiger partial charge is 0.207 e. The van der Waals surface area contributed by atoms with Crippen molar-refractivity contribution in [2.24, 2.45) is 0 Å². The van der Waals surface area contributed by atoms with Crippen LogP contribution in [0.15, 0.2) is 0 Å². The number of hydrogen-bond acceptors (Lipinski definition) is 2. The largest absolute Gasteiger partial charge is 0.344 e. The summed E-state index contributed by atoms with van der Waals surface area (Å²) in [5.41, 5.74) is -0.279. The molecule has 3 nitrogen and oxygen atoms in total. The Morgan fingerprint density at radius 2 is 1.92 bits per heavy atom. The van der Waals surface area contributed by atoms with E-state index in [-0.39, 0.29) is 17.1 Å². The van der Waals surface area contributed by atoms with Gasteiger partial charge in [-0.25, -0.2) is 0 Å². The summed E-state index contributed by atoms with van der Waals surface area (Å²) in [6.45, 7) is 0. The van der Waals surface area contributed by atoms with Gasteiger partial charge in [-0.05, 0) is 19.3 Å². The number of Topliss-reactive ketones (excluding diaryl/α,β-unsaturated/α-hetero) is 1. The molecule has 2 aliphatic heterocycles. The summed E-state index contributed by atoms with van der Waals surface area (Å²) in [4.78, 5) is 21.1. The lowest BCUT2D eigenvalue weighted by Gasteiger charge is -2.31. The summed E-state index contributed by atoms with van der Waals surface area (Å²) in [5.74, 6) is 0.184. The van der Waals surface area contributed by atoms with Crippen LogP contribution in [0.3, 0.4) is 0 Å². The third kappa shape index (κ3) is 1.60. The van der Waals surface area contributed by atoms with Crippen LogP contribution in [0.1, 0.15) is 38.5 Å². The van der Waals surface area contributed by atoms with Crippen molar-refractivity contribution in [1.82, 2.24) is 0 Å². The molecule has 74 valence electrons. The molecule has 0 spiro atoms. The van der Waals surface area contributed by atoms with Gasteiger partial charge in [-0.15, -0.1) is 0 Å². The van der Waals surface area contributed by atoms with Crippen LogP contribution in [-0.4, -0.2) is 22.0 Å². The van der Waals surface area contributed by atoms with E-state index in [1.165, 1.54) is 0 Å². The minimum Gasteiger partial charge on any atom is -0.344 e. The summed E-state index contributed by atoms with van der Waals surface area (Å²) in [7, 11) is -3.00. The van der Waals surface area contributed by atoms with Crippen molar-refractivity contribution in [3.8, 4) is 0 Å². The molecule has 2 aliphatic rings. The van der Waals surface area contributed by atoms with E-state index < -0.39 is 7.37 Å². The molecular formula is C9H15O3P. The number of fused-ring (bicyclic) bond motifs is 2. The molecule has 0 radical (unpaired) electrons. The maximum atomic E-state index is 11.9. The van der Waals surface area contributed by atoms with Crippen LogP contribution >= 0.6 is 7.37 Å². The van der Waals surface area contributed by atoms with E-state index in [1.807, 2.05) is 0 Å². The Labute approximate surface area is 78.0 Å². The molecule has 3 atom stereocenters. The molecule has 2 saturated heterocycles. The zero-order chi connectivity index (χ0) is 9.47. The van der Waals surface area contributed by atoms with Gasteiger partial charge < -0.3 is 4.89 Å². The third-order valence-electron chi connectivity index (χ3n) is 3.34. The molecule has 0 aromatic carbocycles. The molecule has 13 heavy (non-hydrogen) atoms. The molecule has 2 bridgehead atoms. The summed E-state index contributed by atoms with van der Waals surface area (Å²) >= 11 is 0. The van der Waals surface area contributed by atoms with E-state index in [1.54, 1.807) is 0 Å². The Balaban J connectivity index is 2.29. The van der Waals surface area contributed by atoms with Crippen molar-refractivity contribution >= 4 is 13.2 Å². The van der Waals surface area contributed by atoms with Crippen LogP contribution in [0.25, 0.3) is 0 Å². The third-order valence-corrected chi connectivity index (χ3v) is 6.39. The summed E-state index contributed by atoms with van der Waals surface area (Å²) in [6.07, 6.45) is 4.15. The lowest BCUT2D eigenvalue weighted by molar-refractivity contribution is -0.119. The quantitative estimate of drug-likeness (QED) is 0.610. The van der Waals surface area contributed by atoms with Gasteiger partial charge in [-0.3, -0.25) is 9.36 Å². The van der Waals surface area contributed by atoms with Crippen molar-refractivity contribution < 1.29 is 14.3 Å². The van der Waals surface area contributed by atoms with Gasteiger partial charge in [-0.2, -0.15) is 0 Å². The second-order valence-electron chi connectivity index (χ2n) is 4.19. The van der Waals surface area contributed by atoms with Crippen molar-refractivity contribution in [2.45, 2.75) is 49.8 Å². The van der Waals surface area contributed by atoms with Gasteiger partial charge in [0.15, 0.2) is 0 Å². The highest BCUT2D eigenvalue weighted by Gasteiger charge is 2.44. The first-order valence-corrected chi connectivity index (χ1v) is 6.74. The Morgan fingerprint density at radius 3 is 2.69 bits per heavy atom. The fraction of sp³-hybridized carbons (Fsp3) is 0.889. The fourth-order valence-corrected chi connectivity index (χ4v) is 5.18. The molecule has 0 aliphatic carbocycles. The highest BCUT2D eigenvalue weighted by atomic mass is 31.2. The topological polar surface area (TPSA) is 54.4 Å². The van der Waals surface area contributed by atoms with Crippen molar-refractivity contribution in [3.63, 3.8) is 0 Å². The molecule has 0 amide bonds. The van der Waals surface area contributed by atoms with Crippen LogP contribution in [0, 0.1) is 0 Å². The average molecular weight is 202 g/mol. The number of carbonyl (C=O) groups is 1. The average Bonchev–Trinajstić information content (AvgIpc) is 2.17. The van der Waals surface area contributed by atoms with E-state index in [9.17, 15) is 14.3 Å². The molecule has 4 heteroatoms. The lowest BCUT2D eigenvalue weighted by atomic mass is 10.1. The van der Waals surface area contributed by atoms with Gasteiger partial charge in [-0.1, -0.05) is 6.42 Å². The first-order chi connectivity index (χ1) is 6.10. The summed E-state index contributed by atoms with van der Waals surface area (Å²) < 4.78 is 11.9. The summed E-state index contributed by atoms with van der Waals surface area (Å²) in [6, 6.07) is 0. The van der Waals surface area contributed by atoms with E-state index in [2.05, 4.69) is 0 Å². The monoisotopic (exact) mass is 202 g/mol. The van der Waals surface area contributed by atoms with E-state index in [0.717, 1.165) is 19.3 Å². The lowest BCUT2D eigenvalue weighted by Crippen LogP contribution is -2.22. The second-order valence-corrected chi connectivity index (χ2v) is 7.00. The van der Waals surface area contributed by atoms with Crippen molar-refractivity contribution in [1.29, 1.82) is 0 Å². The molecule has 2 fully saturated rings. The Bertz CT molecular complexity index is 274. The Morgan fingerprint density at radius 1 is 1.23 bits per heavy atom. The Kier molecular flexibility index (Phi) is 2.33. The van der Waals surface area contributed by atoms with E-state index >= 15 is 0 Å². The van der Waals surface area contributed by atoms with Crippen molar-refractivity contribution in [3.05, 3.63) is 0 Å². The van der Waals surface area contributed by atoms with Gasteiger partial charge in [0.05, 0.1) is 0 Å². The minimum absolute atomic E-state index is 0.0716. The van der Waals surface area contributed by atoms with Crippen LogP contribution in [0.5, 0.6) is 0 Å². The molecular weight excluding hydrogens is 187 g/mol. The molecule has 3 unspecified atom stereocenters. The fourth-order valence-electron chi connectivity index (χ4n) is 2.51. The zero-order valence-corrected chi connectivity index (χ0v) is 8.50. The standard InChI is InChI=1S/C9H15O3P/c10-7-4-5-8-2-1-3-9(6-7)13(8,11)12/h8-9H,1-6H2,(H,11,12).